The normalized spacial score (nSPS) is 44.0. The summed E-state index contributed by atoms with van der Waals surface area (Å²) < 4.78 is 55.1. The summed E-state index contributed by atoms with van der Waals surface area (Å²) in [6.45, 7) is 5.05. The van der Waals surface area contributed by atoms with Crippen molar-refractivity contribution in [3.05, 3.63) is 36.9 Å². The number of aromatic nitrogens is 4. The number of Topliss-reactive ketones (excluding diaryl/α,β-unsaturated/α-hetero) is 2. The van der Waals surface area contributed by atoms with Crippen LogP contribution in [0.4, 0.5) is 17.6 Å². The quantitative estimate of drug-likeness (QED) is 0.188. The summed E-state index contributed by atoms with van der Waals surface area (Å²) in [4.78, 5) is 25.6. The van der Waals surface area contributed by atoms with Gasteiger partial charge in [0.2, 0.25) is 0 Å². The average Bonchev–Trinajstić information content (AvgIpc) is 4.09. The van der Waals surface area contributed by atoms with E-state index in [0.717, 1.165) is 89.9 Å². The van der Waals surface area contributed by atoms with Crippen molar-refractivity contribution in [2.45, 2.75) is 167 Å². The number of rotatable bonds is 7. The van der Waals surface area contributed by atoms with Crippen LogP contribution >= 0.6 is 15.9 Å². The molecule has 0 aromatic carbocycles. The Kier molecular flexibility index (Phi) is 14.7. The monoisotopic (exact) mass is 936 g/mol. The van der Waals surface area contributed by atoms with Gasteiger partial charge in [0.15, 0.2) is 5.78 Å². The topological polar surface area (TPSA) is 121 Å². The summed E-state index contributed by atoms with van der Waals surface area (Å²) in [6, 6.07) is 3.69. The van der Waals surface area contributed by atoms with Gasteiger partial charge in [-0.1, -0.05) is 37.2 Å². The van der Waals surface area contributed by atoms with Gasteiger partial charge < -0.3 is 10.2 Å². The fourth-order valence-electron chi connectivity index (χ4n) is 16.2. The van der Waals surface area contributed by atoms with Gasteiger partial charge in [-0.2, -0.15) is 10.2 Å². The molecule has 2 aromatic rings. The minimum Gasteiger partial charge on any atom is -0.384 e. The lowest BCUT2D eigenvalue weighted by molar-refractivity contribution is -0.160. The first-order chi connectivity index (χ1) is 29.1. The van der Waals surface area contributed by atoms with Crippen molar-refractivity contribution in [2.24, 2.45) is 81.8 Å². The zero-order valence-corrected chi connectivity index (χ0v) is 37.7. The molecule has 0 saturated heterocycles. The molecule has 348 valence electrons. The van der Waals surface area contributed by atoms with Crippen LogP contribution in [0.25, 0.3) is 0 Å². The zero-order valence-electron chi connectivity index (χ0n) is 36.1. The molecule has 2 aromatic heterocycles. The third kappa shape index (κ3) is 8.80. The summed E-state index contributed by atoms with van der Waals surface area (Å²) in [5.41, 5.74) is -3.32. The highest BCUT2D eigenvalue weighted by molar-refractivity contribution is 9.09. The lowest BCUT2D eigenvalue weighted by Crippen LogP contribution is -2.53. The Hall–Kier alpha value is -2.12. The minimum absolute atomic E-state index is 0. The number of carbonyl (C=O) groups is 2. The molecule has 10 rings (SSSR count). The Morgan fingerprint density at radius 1 is 0.677 bits per heavy atom. The van der Waals surface area contributed by atoms with E-state index in [1.165, 1.54) is 0 Å². The Labute approximate surface area is 375 Å². The number of carbonyl (C=O) groups excluding carboxylic acids is 2. The number of nitrogens with zero attached hydrogens (tertiary/aromatic N) is 3. The molecule has 8 aliphatic rings. The predicted molar refractivity (Wildman–Crippen MR) is 234 cm³/mol. The molecule has 16 atom stereocenters. The summed E-state index contributed by atoms with van der Waals surface area (Å²) in [6.07, 6.45) is 17.1. The van der Waals surface area contributed by atoms with Gasteiger partial charge in [-0.3, -0.25) is 19.4 Å². The number of hydrogen-bond acceptors (Lipinski definition) is 6. The third-order valence-corrected chi connectivity index (χ3v) is 19.6. The van der Waals surface area contributed by atoms with E-state index < -0.39 is 24.1 Å². The van der Waals surface area contributed by atoms with E-state index in [1.54, 1.807) is 23.3 Å². The number of H-pyrrole nitrogens is 1. The maximum absolute atomic E-state index is 13.4. The van der Waals surface area contributed by atoms with Gasteiger partial charge >= 0.3 is 0 Å². The molecule has 0 radical (unpaired) electrons. The number of fused-ring (bicyclic) bond motifs is 10. The molecule has 8 aliphatic carbocycles. The van der Waals surface area contributed by atoms with Crippen LogP contribution in [0.1, 0.15) is 137 Å². The predicted octanol–water partition coefficient (Wildman–Crippen LogP) is 11.0. The van der Waals surface area contributed by atoms with Gasteiger partial charge in [0.05, 0.1) is 11.9 Å². The first-order valence-corrected chi connectivity index (χ1v) is 24.8. The maximum Gasteiger partial charge on any atom is 0.266 e. The van der Waals surface area contributed by atoms with Gasteiger partial charge in [-0.15, -0.1) is 0 Å². The summed E-state index contributed by atoms with van der Waals surface area (Å²) in [5, 5.41) is 31.6. The van der Waals surface area contributed by atoms with Crippen molar-refractivity contribution in [3.63, 3.8) is 0 Å². The molecular formula is C49H73BrF4N4O4. The van der Waals surface area contributed by atoms with E-state index in [9.17, 15) is 37.4 Å². The Bertz CT molecular complexity index is 1770. The zero-order chi connectivity index (χ0) is 43.3. The van der Waals surface area contributed by atoms with E-state index in [4.69, 9.17) is 0 Å². The maximum atomic E-state index is 13.4. The molecule has 8 saturated carbocycles. The van der Waals surface area contributed by atoms with E-state index in [2.05, 4.69) is 45.1 Å². The standard InChI is InChI=1S/C24H34F2N2O2.C21H31BrF2O2.C3H4N2.CH4/c1-23-9-7-17-16-8-10-24(30,22(25)26)13-15(16)3-4-18(17)19(23)5-6-20(23)21(29)14-28-12-2-11-27-28;1-20-8-6-14-13-7-9-21(26,19(23)24)10-12(13)2-3-15(14)16(20)4-5-17(20)18(25)11-22;1-2-4-5-3-1;/h2,11-12,15-20,22,30H,3-10,13-14H2,1H3;12-17,19,26H,2-11H2,1H3;1-3H,(H,4,5);1H4/t15-,16+,17-,18-,19+,20-,23+,24-;12-,13+,14-,15-,16+,17-,20+,21-;;/m11../s1. The SMILES string of the molecule is C.C[C@]12CC[C@H]3[C@@H](CC[C@@H]4C[C@@](O)(C(F)F)CC[C@@H]43)[C@@H]1CC[C@@H]2C(=O)CBr.C[C@]12CC[C@H]3[C@@H](CC[C@@H]4C[C@@](O)(C(F)F)CC[C@@H]43)[C@@H]1CC[C@@H]2C(=O)Cn1cccn1.c1cn[nH]c1. The van der Waals surface area contributed by atoms with E-state index >= 15 is 0 Å². The second-order valence-electron chi connectivity index (χ2n) is 21.6. The molecule has 62 heavy (non-hydrogen) atoms. The van der Waals surface area contributed by atoms with Crippen molar-refractivity contribution >= 4 is 27.5 Å². The number of ketones is 2. The van der Waals surface area contributed by atoms with Crippen molar-refractivity contribution in [2.75, 3.05) is 5.33 Å². The average molecular weight is 938 g/mol. The van der Waals surface area contributed by atoms with Gasteiger partial charge in [0.25, 0.3) is 12.9 Å². The fraction of sp³-hybridized carbons (Fsp3) is 0.837. The highest BCUT2D eigenvalue weighted by atomic mass is 79.9. The molecule has 0 amide bonds. The molecule has 8 nitrogen and oxygen atoms in total. The van der Waals surface area contributed by atoms with Crippen LogP contribution in [-0.4, -0.2) is 71.1 Å². The van der Waals surface area contributed by atoms with Gasteiger partial charge in [0.1, 0.15) is 17.0 Å². The highest BCUT2D eigenvalue weighted by Gasteiger charge is 2.61. The summed E-state index contributed by atoms with van der Waals surface area (Å²) in [7, 11) is 0. The first-order valence-electron chi connectivity index (χ1n) is 23.7. The van der Waals surface area contributed by atoms with Crippen molar-refractivity contribution < 1.29 is 37.4 Å². The van der Waals surface area contributed by atoms with E-state index in [-0.39, 0.29) is 67.6 Å². The van der Waals surface area contributed by atoms with Crippen molar-refractivity contribution in [1.82, 2.24) is 20.0 Å². The highest BCUT2D eigenvalue weighted by Crippen LogP contribution is 2.66. The molecule has 2 heterocycles. The second kappa shape index (κ2) is 19.0. The summed E-state index contributed by atoms with van der Waals surface area (Å²) >= 11 is 3.37. The number of hydrogen-bond donors (Lipinski definition) is 3. The molecule has 0 spiro atoms. The minimum atomic E-state index is -2.64. The van der Waals surface area contributed by atoms with Gasteiger partial charge in [0, 0.05) is 36.6 Å². The number of aliphatic hydroxyl groups is 2. The molecule has 0 aliphatic heterocycles. The number of alkyl halides is 5. The number of aromatic amines is 1. The summed E-state index contributed by atoms with van der Waals surface area (Å²) in [5.74, 6) is 6.12. The van der Waals surface area contributed by atoms with Crippen LogP contribution in [0.15, 0.2) is 36.9 Å². The van der Waals surface area contributed by atoms with Crippen molar-refractivity contribution in [1.29, 1.82) is 0 Å². The number of nitrogens with one attached hydrogen (secondary N) is 1. The van der Waals surface area contributed by atoms with Gasteiger partial charge in [-0.25, -0.2) is 17.6 Å². The smallest absolute Gasteiger partial charge is 0.266 e. The molecule has 8 fully saturated rings. The third-order valence-electron chi connectivity index (χ3n) is 19.1. The first kappa shape index (κ1) is 47.8. The van der Waals surface area contributed by atoms with Crippen molar-refractivity contribution in [3.8, 4) is 0 Å². The molecule has 3 N–H and O–H groups in total. The molecule has 0 bridgehead atoms. The largest absolute Gasteiger partial charge is 0.384 e. The lowest BCUT2D eigenvalue weighted by atomic mass is 9.49. The number of halogens is 5. The van der Waals surface area contributed by atoms with Crippen LogP contribution in [-0.2, 0) is 16.1 Å². The van der Waals surface area contributed by atoms with Crippen LogP contribution in [0.2, 0.25) is 0 Å². The molecular weight excluding hydrogens is 864 g/mol. The van der Waals surface area contributed by atoms with Gasteiger partial charge in [-0.05, 0) is 198 Å². The van der Waals surface area contributed by atoms with E-state index in [1.807, 2.05) is 18.3 Å². The lowest BCUT2D eigenvalue weighted by Gasteiger charge is -2.57. The van der Waals surface area contributed by atoms with Crippen LogP contribution in [0.3, 0.4) is 0 Å². The molecule has 13 heteroatoms. The fourth-order valence-corrected chi connectivity index (χ4v) is 16.6. The Balaban J connectivity index is 0.000000166. The van der Waals surface area contributed by atoms with Crippen LogP contribution in [0.5, 0.6) is 0 Å². The molecule has 0 unspecified atom stereocenters. The van der Waals surface area contributed by atoms with Crippen LogP contribution < -0.4 is 0 Å². The Morgan fingerprint density at radius 3 is 1.58 bits per heavy atom. The second-order valence-corrected chi connectivity index (χ2v) is 22.1. The van der Waals surface area contributed by atoms with E-state index in [0.29, 0.717) is 70.8 Å². The van der Waals surface area contributed by atoms with Crippen LogP contribution in [0, 0.1) is 81.8 Å². The Morgan fingerprint density at radius 2 is 1.18 bits per heavy atom.